The Morgan fingerprint density at radius 3 is 2.61 bits per heavy atom. The lowest BCUT2D eigenvalue weighted by molar-refractivity contribution is 0.134. The van der Waals surface area contributed by atoms with Gasteiger partial charge < -0.3 is 0 Å². The molecule has 1 aliphatic rings. The van der Waals surface area contributed by atoms with Gasteiger partial charge in [-0.1, -0.05) is 34.8 Å². The largest absolute Gasteiger partial charge is 0.292 e. The molecule has 18 heavy (non-hydrogen) atoms. The first kappa shape index (κ1) is 13.7. The SMILES string of the molecule is CN(C)N1C=NC=C(c2cc(Cl)cc(Cl)c2Cl)C1. The van der Waals surface area contributed by atoms with Gasteiger partial charge in [0.05, 0.1) is 16.6 Å². The van der Waals surface area contributed by atoms with E-state index in [2.05, 4.69) is 4.99 Å². The third kappa shape index (κ3) is 2.81. The monoisotopic (exact) mass is 303 g/mol. The molecule has 1 aliphatic heterocycles. The van der Waals surface area contributed by atoms with Crippen LogP contribution in [0, 0.1) is 0 Å². The fourth-order valence-corrected chi connectivity index (χ4v) is 2.37. The van der Waals surface area contributed by atoms with Crippen LogP contribution in [0.15, 0.2) is 23.3 Å². The molecule has 0 unspecified atom stereocenters. The summed E-state index contributed by atoms with van der Waals surface area (Å²) in [5.74, 6) is 0. The van der Waals surface area contributed by atoms with Crippen molar-refractivity contribution in [1.29, 1.82) is 0 Å². The highest BCUT2D eigenvalue weighted by molar-refractivity contribution is 6.44. The fraction of sp³-hybridized carbons (Fsp3) is 0.250. The average molecular weight is 305 g/mol. The molecule has 1 aromatic rings. The second kappa shape index (κ2) is 5.49. The van der Waals surface area contributed by atoms with Crippen LogP contribution in [-0.2, 0) is 0 Å². The van der Waals surface area contributed by atoms with Crippen LogP contribution in [0.2, 0.25) is 15.1 Å². The molecule has 1 heterocycles. The zero-order valence-electron chi connectivity index (χ0n) is 9.99. The summed E-state index contributed by atoms with van der Waals surface area (Å²) < 4.78 is 0. The number of benzene rings is 1. The highest BCUT2D eigenvalue weighted by Crippen LogP contribution is 2.34. The minimum Gasteiger partial charge on any atom is -0.292 e. The topological polar surface area (TPSA) is 18.8 Å². The van der Waals surface area contributed by atoms with E-state index in [1.165, 1.54) is 0 Å². The molecular formula is C12H12Cl3N3. The number of hydrazine groups is 1. The molecular weight excluding hydrogens is 293 g/mol. The van der Waals surface area contributed by atoms with Crippen molar-refractivity contribution in [2.45, 2.75) is 0 Å². The van der Waals surface area contributed by atoms with Crippen LogP contribution in [0.1, 0.15) is 5.56 Å². The maximum Gasteiger partial charge on any atom is 0.105 e. The first-order valence-electron chi connectivity index (χ1n) is 5.30. The molecule has 0 aromatic heterocycles. The lowest BCUT2D eigenvalue weighted by atomic mass is 10.1. The molecule has 1 aromatic carbocycles. The zero-order valence-corrected chi connectivity index (χ0v) is 12.3. The number of aliphatic imine (C=N–C) groups is 1. The van der Waals surface area contributed by atoms with Gasteiger partial charge in [0.25, 0.3) is 0 Å². The van der Waals surface area contributed by atoms with Gasteiger partial charge in [0, 0.05) is 36.5 Å². The van der Waals surface area contributed by atoms with Crippen LogP contribution in [0.25, 0.3) is 5.57 Å². The third-order valence-electron chi connectivity index (χ3n) is 2.62. The Kier molecular flexibility index (Phi) is 4.17. The van der Waals surface area contributed by atoms with Gasteiger partial charge in [0.2, 0.25) is 0 Å². The fourth-order valence-electron chi connectivity index (χ4n) is 1.65. The molecule has 0 atom stereocenters. The highest BCUT2D eigenvalue weighted by Gasteiger charge is 2.16. The smallest absolute Gasteiger partial charge is 0.105 e. The minimum atomic E-state index is 0.450. The number of nitrogens with zero attached hydrogens (tertiary/aromatic N) is 3. The van der Waals surface area contributed by atoms with Gasteiger partial charge in [-0.2, -0.15) is 0 Å². The van der Waals surface area contributed by atoms with Crippen LogP contribution < -0.4 is 0 Å². The Labute approximate surface area is 121 Å². The molecule has 0 N–H and O–H groups in total. The molecule has 0 fully saturated rings. The van der Waals surface area contributed by atoms with Gasteiger partial charge in [0.1, 0.15) is 6.34 Å². The summed E-state index contributed by atoms with van der Waals surface area (Å²) in [7, 11) is 3.89. The normalized spacial score (nSPS) is 15.2. The molecule has 0 radical (unpaired) electrons. The van der Waals surface area contributed by atoms with Gasteiger partial charge >= 0.3 is 0 Å². The Morgan fingerprint density at radius 1 is 1.22 bits per heavy atom. The zero-order chi connectivity index (χ0) is 13.3. The van der Waals surface area contributed by atoms with E-state index in [0.717, 1.165) is 11.1 Å². The standard InChI is InChI=1S/C12H12Cl3N3/c1-17(2)18-6-8(5-16-7-18)10-3-9(13)4-11(14)12(10)15/h3-5,7H,6H2,1-2H3. The Morgan fingerprint density at radius 2 is 1.94 bits per heavy atom. The van der Waals surface area contributed by atoms with Crippen molar-refractivity contribution < 1.29 is 0 Å². The van der Waals surface area contributed by atoms with E-state index >= 15 is 0 Å². The first-order chi connectivity index (χ1) is 8.49. The molecule has 0 spiro atoms. The average Bonchev–Trinajstić information content (AvgIpc) is 2.34. The van der Waals surface area contributed by atoms with Gasteiger partial charge in [-0.3, -0.25) is 5.01 Å². The van der Waals surface area contributed by atoms with Crippen LogP contribution in [-0.4, -0.2) is 37.0 Å². The predicted molar refractivity (Wildman–Crippen MR) is 78.3 cm³/mol. The van der Waals surface area contributed by atoms with Crippen molar-refractivity contribution in [2.24, 2.45) is 4.99 Å². The van der Waals surface area contributed by atoms with Gasteiger partial charge in [-0.25, -0.2) is 10.0 Å². The molecule has 0 aliphatic carbocycles. The molecule has 0 bridgehead atoms. The van der Waals surface area contributed by atoms with E-state index in [0.29, 0.717) is 21.6 Å². The Bertz CT molecular complexity index is 524. The second-order valence-corrected chi connectivity index (χ2v) is 5.33. The molecule has 3 nitrogen and oxygen atoms in total. The third-order valence-corrected chi connectivity index (χ3v) is 3.64. The molecule has 6 heteroatoms. The number of hydrogen-bond acceptors (Lipinski definition) is 3. The second-order valence-electron chi connectivity index (χ2n) is 4.11. The summed E-state index contributed by atoms with van der Waals surface area (Å²) >= 11 is 18.2. The van der Waals surface area contributed by atoms with E-state index in [1.54, 1.807) is 24.7 Å². The summed E-state index contributed by atoms with van der Waals surface area (Å²) in [4.78, 5) is 4.19. The van der Waals surface area contributed by atoms with Gasteiger partial charge in [0.15, 0.2) is 0 Å². The summed E-state index contributed by atoms with van der Waals surface area (Å²) in [5.41, 5.74) is 1.79. The summed E-state index contributed by atoms with van der Waals surface area (Å²) in [6.07, 6.45) is 3.53. The molecule has 0 saturated carbocycles. The number of halogens is 3. The maximum absolute atomic E-state index is 6.21. The van der Waals surface area contributed by atoms with E-state index in [9.17, 15) is 0 Å². The Balaban J connectivity index is 2.38. The van der Waals surface area contributed by atoms with Gasteiger partial charge in [-0.15, -0.1) is 0 Å². The van der Waals surface area contributed by atoms with E-state index in [4.69, 9.17) is 34.8 Å². The maximum atomic E-state index is 6.21. The van der Waals surface area contributed by atoms with Crippen LogP contribution >= 0.6 is 34.8 Å². The van der Waals surface area contributed by atoms with Crippen LogP contribution in [0.5, 0.6) is 0 Å². The van der Waals surface area contributed by atoms with Crippen LogP contribution in [0.3, 0.4) is 0 Å². The lowest BCUT2D eigenvalue weighted by Gasteiger charge is -2.29. The predicted octanol–water partition coefficient (Wildman–Crippen LogP) is 3.81. The summed E-state index contributed by atoms with van der Waals surface area (Å²) in [6.45, 7) is 0.674. The van der Waals surface area contributed by atoms with Crippen molar-refractivity contribution >= 4 is 46.7 Å². The number of rotatable bonds is 2. The molecule has 0 saturated heterocycles. The molecule has 2 rings (SSSR count). The highest BCUT2D eigenvalue weighted by atomic mass is 35.5. The summed E-state index contributed by atoms with van der Waals surface area (Å²) in [6, 6.07) is 3.43. The van der Waals surface area contributed by atoms with Crippen molar-refractivity contribution in [1.82, 2.24) is 10.0 Å². The van der Waals surface area contributed by atoms with E-state index < -0.39 is 0 Å². The van der Waals surface area contributed by atoms with Crippen molar-refractivity contribution in [3.05, 3.63) is 39.0 Å². The number of hydrogen-bond donors (Lipinski definition) is 0. The van der Waals surface area contributed by atoms with Crippen molar-refractivity contribution in [3.8, 4) is 0 Å². The minimum absolute atomic E-state index is 0.450. The van der Waals surface area contributed by atoms with Gasteiger partial charge in [-0.05, 0) is 12.1 Å². The van der Waals surface area contributed by atoms with E-state index in [1.807, 2.05) is 24.1 Å². The molecule has 0 amide bonds. The lowest BCUT2D eigenvalue weighted by Crippen LogP contribution is -2.38. The first-order valence-corrected chi connectivity index (χ1v) is 6.43. The van der Waals surface area contributed by atoms with Crippen LogP contribution in [0.4, 0.5) is 0 Å². The quantitative estimate of drug-likeness (QED) is 0.774. The van der Waals surface area contributed by atoms with Crippen molar-refractivity contribution in [2.75, 3.05) is 20.6 Å². The molecule has 96 valence electrons. The van der Waals surface area contributed by atoms with E-state index in [-0.39, 0.29) is 0 Å². The summed E-state index contributed by atoms with van der Waals surface area (Å²) in [5, 5.41) is 5.41. The van der Waals surface area contributed by atoms with Crippen molar-refractivity contribution in [3.63, 3.8) is 0 Å². The Hall–Kier alpha value is -0.740.